The SMILES string of the molecule is Nc1cc(F)c(N2CC[CH]CC2)c(F)c1. The molecule has 1 aromatic carbocycles. The molecule has 0 saturated carbocycles. The minimum absolute atomic E-state index is 0.0531. The topological polar surface area (TPSA) is 29.3 Å². The molecule has 0 aliphatic carbocycles. The first-order valence-corrected chi connectivity index (χ1v) is 4.99. The first-order valence-electron chi connectivity index (χ1n) is 4.99. The number of anilines is 2. The molecule has 2 rings (SSSR count). The molecule has 1 fully saturated rings. The van der Waals surface area contributed by atoms with Gasteiger partial charge in [0.1, 0.15) is 5.69 Å². The van der Waals surface area contributed by atoms with Gasteiger partial charge in [0, 0.05) is 18.8 Å². The van der Waals surface area contributed by atoms with E-state index in [0.29, 0.717) is 13.1 Å². The first kappa shape index (κ1) is 10.2. The maximum Gasteiger partial charge on any atom is 0.151 e. The summed E-state index contributed by atoms with van der Waals surface area (Å²) in [6.07, 6.45) is 3.86. The smallest absolute Gasteiger partial charge is 0.151 e. The zero-order valence-electron chi connectivity index (χ0n) is 8.34. The summed E-state index contributed by atoms with van der Waals surface area (Å²) in [7, 11) is 0. The fraction of sp³-hybridized carbons (Fsp3) is 0.364. The van der Waals surface area contributed by atoms with Crippen molar-refractivity contribution in [2.75, 3.05) is 23.7 Å². The van der Waals surface area contributed by atoms with Crippen molar-refractivity contribution in [2.24, 2.45) is 0 Å². The number of benzene rings is 1. The van der Waals surface area contributed by atoms with Gasteiger partial charge in [0.25, 0.3) is 0 Å². The quantitative estimate of drug-likeness (QED) is 0.722. The molecule has 1 radical (unpaired) electrons. The number of hydrogen-bond acceptors (Lipinski definition) is 2. The normalized spacial score (nSPS) is 16.8. The second-order valence-corrected chi connectivity index (χ2v) is 3.69. The van der Waals surface area contributed by atoms with Crippen molar-refractivity contribution >= 4 is 11.4 Å². The molecule has 1 aliphatic rings. The molecule has 0 spiro atoms. The highest BCUT2D eigenvalue weighted by molar-refractivity contribution is 5.56. The van der Waals surface area contributed by atoms with Crippen LogP contribution in [0.4, 0.5) is 20.2 Å². The molecule has 1 heterocycles. The fourth-order valence-corrected chi connectivity index (χ4v) is 1.86. The van der Waals surface area contributed by atoms with Crippen LogP contribution in [0.2, 0.25) is 0 Å². The summed E-state index contributed by atoms with van der Waals surface area (Å²) in [4.78, 5) is 1.73. The van der Waals surface area contributed by atoms with E-state index in [1.165, 1.54) is 0 Å². The monoisotopic (exact) mass is 211 g/mol. The maximum atomic E-state index is 13.5. The van der Waals surface area contributed by atoms with Crippen molar-refractivity contribution in [3.05, 3.63) is 30.2 Å². The number of halogens is 2. The lowest BCUT2D eigenvalue weighted by atomic mass is 10.1. The highest BCUT2D eigenvalue weighted by atomic mass is 19.1. The number of nitrogens with zero attached hydrogens (tertiary/aromatic N) is 1. The van der Waals surface area contributed by atoms with E-state index in [1.54, 1.807) is 4.90 Å². The number of nitrogens with two attached hydrogens (primary N) is 1. The Morgan fingerprint density at radius 2 is 1.60 bits per heavy atom. The van der Waals surface area contributed by atoms with Crippen LogP contribution in [-0.2, 0) is 0 Å². The molecule has 1 aliphatic heterocycles. The van der Waals surface area contributed by atoms with Crippen LogP contribution in [-0.4, -0.2) is 13.1 Å². The molecule has 1 aromatic rings. The minimum Gasteiger partial charge on any atom is -0.399 e. The Morgan fingerprint density at radius 1 is 1.07 bits per heavy atom. The van der Waals surface area contributed by atoms with E-state index < -0.39 is 11.6 Å². The summed E-state index contributed by atoms with van der Waals surface area (Å²) in [6, 6.07) is 2.33. The van der Waals surface area contributed by atoms with Crippen molar-refractivity contribution in [3.63, 3.8) is 0 Å². The molecule has 0 bridgehead atoms. The molecule has 2 nitrogen and oxygen atoms in total. The van der Waals surface area contributed by atoms with E-state index in [2.05, 4.69) is 6.42 Å². The van der Waals surface area contributed by atoms with Crippen LogP contribution < -0.4 is 10.6 Å². The van der Waals surface area contributed by atoms with Gasteiger partial charge in [0.15, 0.2) is 11.6 Å². The molecule has 15 heavy (non-hydrogen) atoms. The molecular weight excluding hydrogens is 198 g/mol. The van der Waals surface area contributed by atoms with Crippen LogP contribution in [0, 0.1) is 18.1 Å². The first-order chi connectivity index (χ1) is 7.18. The summed E-state index contributed by atoms with van der Waals surface area (Å²) in [5.41, 5.74) is 5.53. The van der Waals surface area contributed by atoms with E-state index >= 15 is 0 Å². The molecule has 0 aromatic heterocycles. The van der Waals surface area contributed by atoms with Gasteiger partial charge >= 0.3 is 0 Å². The van der Waals surface area contributed by atoms with Crippen molar-refractivity contribution < 1.29 is 8.78 Å². The third-order valence-corrected chi connectivity index (χ3v) is 2.56. The second kappa shape index (κ2) is 4.04. The van der Waals surface area contributed by atoms with Crippen molar-refractivity contribution in [1.82, 2.24) is 0 Å². The second-order valence-electron chi connectivity index (χ2n) is 3.69. The molecule has 4 heteroatoms. The Labute approximate surface area is 87.7 Å². The number of piperidine rings is 1. The van der Waals surface area contributed by atoms with Crippen molar-refractivity contribution in [2.45, 2.75) is 12.8 Å². The third-order valence-electron chi connectivity index (χ3n) is 2.56. The summed E-state index contributed by atoms with van der Waals surface area (Å²) >= 11 is 0. The van der Waals surface area contributed by atoms with Gasteiger partial charge in [-0.3, -0.25) is 0 Å². The van der Waals surface area contributed by atoms with E-state index in [1.807, 2.05) is 0 Å². The van der Waals surface area contributed by atoms with Crippen LogP contribution in [0.1, 0.15) is 12.8 Å². The molecule has 1 saturated heterocycles. The van der Waals surface area contributed by atoms with Crippen LogP contribution >= 0.6 is 0 Å². The van der Waals surface area contributed by atoms with Crippen LogP contribution in [0.5, 0.6) is 0 Å². The molecule has 2 N–H and O–H groups in total. The van der Waals surface area contributed by atoms with Gasteiger partial charge in [0.05, 0.1) is 0 Å². The predicted molar refractivity (Wildman–Crippen MR) is 56.5 cm³/mol. The zero-order chi connectivity index (χ0) is 10.8. The molecule has 0 unspecified atom stereocenters. The molecule has 0 atom stereocenters. The Kier molecular flexibility index (Phi) is 2.75. The average molecular weight is 211 g/mol. The zero-order valence-corrected chi connectivity index (χ0v) is 8.34. The third kappa shape index (κ3) is 2.03. The number of rotatable bonds is 1. The van der Waals surface area contributed by atoms with Gasteiger partial charge in [-0.1, -0.05) is 0 Å². The largest absolute Gasteiger partial charge is 0.399 e. The summed E-state index contributed by atoms with van der Waals surface area (Å²) < 4.78 is 27.0. The highest BCUT2D eigenvalue weighted by Crippen LogP contribution is 2.27. The lowest BCUT2D eigenvalue weighted by molar-refractivity contribution is 0.560. The van der Waals surface area contributed by atoms with E-state index in [4.69, 9.17) is 5.73 Å². The van der Waals surface area contributed by atoms with Crippen molar-refractivity contribution in [3.8, 4) is 0 Å². The number of nitrogen functional groups attached to an aromatic ring is 1. The van der Waals surface area contributed by atoms with E-state index in [9.17, 15) is 8.78 Å². The highest BCUT2D eigenvalue weighted by Gasteiger charge is 2.19. The summed E-state index contributed by atoms with van der Waals surface area (Å²) in [5.74, 6) is -1.15. The van der Waals surface area contributed by atoms with E-state index in [-0.39, 0.29) is 11.4 Å². The Morgan fingerprint density at radius 3 is 2.13 bits per heavy atom. The fourth-order valence-electron chi connectivity index (χ4n) is 1.86. The van der Waals surface area contributed by atoms with Crippen LogP contribution in [0.3, 0.4) is 0 Å². The van der Waals surface area contributed by atoms with Crippen LogP contribution in [0.25, 0.3) is 0 Å². The Hall–Kier alpha value is -1.32. The molecule has 81 valence electrons. The summed E-state index contributed by atoms with van der Waals surface area (Å²) in [6.45, 7) is 1.33. The predicted octanol–water partition coefficient (Wildman–Crippen LogP) is 2.35. The summed E-state index contributed by atoms with van der Waals surface area (Å²) in [5, 5.41) is 0. The van der Waals surface area contributed by atoms with Gasteiger partial charge < -0.3 is 10.6 Å². The molecular formula is C11H13F2N2. The standard InChI is InChI=1S/C11H13F2N2/c12-9-6-8(14)7-10(13)11(9)15-4-2-1-3-5-15/h1,6-7H,2-5,14H2. The maximum absolute atomic E-state index is 13.5. The van der Waals surface area contributed by atoms with Crippen molar-refractivity contribution in [1.29, 1.82) is 0 Å². The van der Waals surface area contributed by atoms with Gasteiger partial charge in [-0.15, -0.1) is 0 Å². The van der Waals surface area contributed by atoms with Gasteiger partial charge in [-0.05, 0) is 31.4 Å². The lowest BCUT2D eigenvalue weighted by Gasteiger charge is -2.29. The Bertz CT molecular complexity index is 337. The minimum atomic E-state index is -0.575. The van der Waals surface area contributed by atoms with Crippen LogP contribution in [0.15, 0.2) is 12.1 Å². The van der Waals surface area contributed by atoms with Gasteiger partial charge in [-0.2, -0.15) is 0 Å². The Balaban J connectivity index is 2.33. The van der Waals surface area contributed by atoms with E-state index in [0.717, 1.165) is 25.0 Å². The lowest BCUT2D eigenvalue weighted by Crippen LogP contribution is -2.31. The van der Waals surface area contributed by atoms with Gasteiger partial charge in [0.2, 0.25) is 0 Å². The average Bonchev–Trinajstić information content (AvgIpc) is 2.17. The number of hydrogen-bond donors (Lipinski definition) is 1. The molecule has 0 amide bonds. The van der Waals surface area contributed by atoms with Gasteiger partial charge in [-0.25, -0.2) is 8.78 Å².